The van der Waals surface area contributed by atoms with E-state index < -0.39 is 0 Å². The smallest absolute Gasteiger partial charge is 0.150 e. The highest BCUT2D eigenvalue weighted by Gasteiger charge is 2.26. The first-order valence-corrected chi connectivity index (χ1v) is 10.3. The number of aliphatic hydroxyl groups excluding tert-OH is 1. The molecule has 2 aliphatic heterocycles. The van der Waals surface area contributed by atoms with Crippen molar-refractivity contribution in [2.24, 2.45) is 5.16 Å². The summed E-state index contributed by atoms with van der Waals surface area (Å²) < 4.78 is 0. The normalized spacial score (nSPS) is 18.5. The van der Waals surface area contributed by atoms with Gasteiger partial charge in [-0.05, 0) is 33.9 Å². The molecule has 4 heteroatoms. The van der Waals surface area contributed by atoms with Crippen LogP contribution in [0.5, 0.6) is 0 Å². The first kappa shape index (κ1) is 18.6. The number of fused-ring (bicyclic) bond motifs is 2. The monoisotopic (exact) mass is 396 g/mol. The van der Waals surface area contributed by atoms with Crippen LogP contribution < -0.4 is 4.90 Å². The lowest BCUT2D eigenvalue weighted by atomic mass is 9.99. The summed E-state index contributed by atoms with van der Waals surface area (Å²) in [6.45, 7) is 1.65. The van der Waals surface area contributed by atoms with Crippen LogP contribution >= 0.6 is 0 Å². The third-order valence-electron chi connectivity index (χ3n) is 5.76. The molecule has 2 aliphatic rings. The summed E-state index contributed by atoms with van der Waals surface area (Å²) in [7, 11) is 0. The van der Waals surface area contributed by atoms with Crippen molar-refractivity contribution in [3.8, 4) is 0 Å². The average molecular weight is 396 g/mol. The summed E-state index contributed by atoms with van der Waals surface area (Å²) in [4.78, 5) is 8.23. The molecule has 0 aliphatic carbocycles. The van der Waals surface area contributed by atoms with Crippen LogP contribution in [0.1, 0.15) is 34.2 Å². The van der Waals surface area contributed by atoms with Crippen molar-refractivity contribution in [3.63, 3.8) is 0 Å². The molecule has 0 aromatic heterocycles. The molecule has 0 radical (unpaired) electrons. The topological polar surface area (TPSA) is 45.1 Å². The molecular formula is C26H24N2O2. The molecule has 0 bridgehead atoms. The van der Waals surface area contributed by atoms with Crippen LogP contribution in [0.25, 0.3) is 12.2 Å². The molecule has 30 heavy (non-hydrogen) atoms. The standard InChI is InChI=1S/C26H24N2O2/c29-18-19-9-11-21(12-10-19)25-15-24(30-27-25)17-28-16-23-7-2-1-5-20(23)13-14-22-6-3-4-8-26(22)28/h1-14,24,29H,15-18H2/b14-13-. The van der Waals surface area contributed by atoms with Crippen molar-refractivity contribution in [1.29, 1.82) is 0 Å². The number of anilines is 1. The lowest BCUT2D eigenvalue weighted by molar-refractivity contribution is 0.0899. The Kier molecular flexibility index (Phi) is 5.08. The van der Waals surface area contributed by atoms with E-state index >= 15 is 0 Å². The van der Waals surface area contributed by atoms with Crippen molar-refractivity contribution in [2.75, 3.05) is 11.4 Å². The molecule has 1 unspecified atom stereocenters. The number of hydrogen-bond acceptors (Lipinski definition) is 4. The minimum Gasteiger partial charge on any atom is -0.392 e. The van der Waals surface area contributed by atoms with E-state index in [4.69, 9.17) is 4.84 Å². The average Bonchev–Trinajstić information content (AvgIpc) is 3.25. The van der Waals surface area contributed by atoms with Crippen LogP contribution in [0.3, 0.4) is 0 Å². The summed E-state index contributed by atoms with van der Waals surface area (Å²) in [6.07, 6.45) is 5.17. The van der Waals surface area contributed by atoms with E-state index in [1.165, 1.54) is 22.4 Å². The Labute approximate surface area is 176 Å². The van der Waals surface area contributed by atoms with E-state index in [-0.39, 0.29) is 12.7 Å². The van der Waals surface area contributed by atoms with E-state index in [9.17, 15) is 5.11 Å². The van der Waals surface area contributed by atoms with Gasteiger partial charge in [-0.1, -0.05) is 84.0 Å². The fourth-order valence-corrected chi connectivity index (χ4v) is 4.14. The second-order valence-corrected chi connectivity index (χ2v) is 7.80. The van der Waals surface area contributed by atoms with Gasteiger partial charge in [0.2, 0.25) is 0 Å². The molecule has 5 rings (SSSR count). The van der Waals surface area contributed by atoms with Gasteiger partial charge in [0.25, 0.3) is 0 Å². The van der Waals surface area contributed by atoms with Gasteiger partial charge >= 0.3 is 0 Å². The Morgan fingerprint density at radius 3 is 2.47 bits per heavy atom. The Morgan fingerprint density at radius 1 is 0.900 bits per heavy atom. The first-order valence-electron chi connectivity index (χ1n) is 10.3. The molecule has 1 atom stereocenters. The SMILES string of the molecule is OCc1ccc(C2=NOC(CN3Cc4ccccc4/C=C\c4ccccc43)C2)cc1. The van der Waals surface area contributed by atoms with Crippen molar-refractivity contribution in [3.05, 3.63) is 101 Å². The Hall–Kier alpha value is -3.37. The Bertz CT molecular complexity index is 1100. The zero-order chi connectivity index (χ0) is 20.3. The van der Waals surface area contributed by atoms with Crippen LogP contribution in [0.15, 0.2) is 78.0 Å². The van der Waals surface area contributed by atoms with E-state index in [1.807, 2.05) is 24.3 Å². The molecular weight excluding hydrogens is 372 g/mol. The van der Waals surface area contributed by atoms with Crippen LogP contribution in [-0.4, -0.2) is 23.5 Å². The molecule has 0 saturated carbocycles. The molecule has 150 valence electrons. The maximum atomic E-state index is 9.25. The van der Waals surface area contributed by atoms with E-state index in [0.29, 0.717) is 0 Å². The van der Waals surface area contributed by atoms with Crippen molar-refractivity contribution >= 4 is 23.6 Å². The van der Waals surface area contributed by atoms with E-state index in [1.54, 1.807) is 0 Å². The summed E-state index contributed by atoms with van der Waals surface area (Å²) in [5.41, 5.74) is 7.91. The third kappa shape index (κ3) is 3.74. The summed E-state index contributed by atoms with van der Waals surface area (Å²) in [5, 5.41) is 13.6. The highest BCUT2D eigenvalue weighted by molar-refractivity contribution is 6.01. The number of rotatable bonds is 4. The number of nitrogens with zero attached hydrogens (tertiary/aromatic N) is 2. The maximum Gasteiger partial charge on any atom is 0.150 e. The van der Waals surface area contributed by atoms with E-state index in [0.717, 1.165) is 36.3 Å². The number of hydrogen-bond donors (Lipinski definition) is 1. The molecule has 0 fully saturated rings. The van der Waals surface area contributed by atoms with Crippen molar-refractivity contribution in [1.82, 2.24) is 0 Å². The highest BCUT2D eigenvalue weighted by Crippen LogP contribution is 2.30. The zero-order valence-corrected chi connectivity index (χ0v) is 16.7. The number of oxime groups is 1. The summed E-state index contributed by atoms with van der Waals surface area (Å²) in [5.74, 6) is 0. The number of benzene rings is 3. The predicted molar refractivity (Wildman–Crippen MR) is 121 cm³/mol. The number of para-hydroxylation sites is 1. The molecule has 2 heterocycles. The molecule has 3 aromatic carbocycles. The van der Waals surface area contributed by atoms with E-state index in [2.05, 4.69) is 70.7 Å². The van der Waals surface area contributed by atoms with Crippen LogP contribution in [0.4, 0.5) is 5.69 Å². The highest BCUT2D eigenvalue weighted by atomic mass is 16.6. The fourth-order valence-electron chi connectivity index (χ4n) is 4.14. The minimum atomic E-state index is 0.00106. The molecule has 0 spiro atoms. The van der Waals surface area contributed by atoms with Gasteiger partial charge in [0.05, 0.1) is 18.9 Å². The quantitative estimate of drug-likeness (QED) is 0.685. The van der Waals surface area contributed by atoms with Gasteiger partial charge in [-0.3, -0.25) is 0 Å². The van der Waals surface area contributed by atoms with Gasteiger partial charge in [-0.2, -0.15) is 0 Å². The third-order valence-corrected chi connectivity index (χ3v) is 5.76. The van der Waals surface area contributed by atoms with Crippen molar-refractivity contribution in [2.45, 2.75) is 25.7 Å². The second-order valence-electron chi connectivity index (χ2n) is 7.80. The van der Waals surface area contributed by atoms with Gasteiger partial charge in [0.15, 0.2) is 6.10 Å². The first-order chi connectivity index (χ1) is 14.8. The molecule has 3 aromatic rings. The van der Waals surface area contributed by atoms with Crippen LogP contribution in [0, 0.1) is 0 Å². The second kappa shape index (κ2) is 8.17. The largest absolute Gasteiger partial charge is 0.392 e. The van der Waals surface area contributed by atoms with Crippen molar-refractivity contribution < 1.29 is 9.94 Å². The maximum absolute atomic E-state index is 9.25. The molecule has 0 amide bonds. The van der Waals surface area contributed by atoms with Gasteiger partial charge < -0.3 is 14.8 Å². The summed E-state index contributed by atoms with van der Waals surface area (Å²) >= 11 is 0. The molecule has 1 N–H and O–H groups in total. The molecule has 0 saturated heterocycles. The molecule has 4 nitrogen and oxygen atoms in total. The predicted octanol–water partition coefficient (Wildman–Crippen LogP) is 4.86. The number of aliphatic hydroxyl groups is 1. The van der Waals surface area contributed by atoms with Gasteiger partial charge in [0, 0.05) is 18.7 Å². The fraction of sp³-hybridized carbons (Fsp3) is 0.192. The lowest BCUT2D eigenvalue weighted by Crippen LogP contribution is -2.33. The van der Waals surface area contributed by atoms with Crippen LogP contribution in [0.2, 0.25) is 0 Å². The minimum absolute atomic E-state index is 0.00106. The van der Waals surface area contributed by atoms with Gasteiger partial charge in [-0.15, -0.1) is 0 Å². The van der Waals surface area contributed by atoms with Gasteiger partial charge in [-0.25, -0.2) is 0 Å². The zero-order valence-electron chi connectivity index (χ0n) is 16.7. The van der Waals surface area contributed by atoms with Gasteiger partial charge in [0.1, 0.15) is 0 Å². The summed E-state index contributed by atoms with van der Waals surface area (Å²) in [6, 6.07) is 24.9. The van der Waals surface area contributed by atoms with Crippen LogP contribution in [-0.2, 0) is 18.0 Å². The Balaban J connectivity index is 1.37. The Morgan fingerprint density at radius 2 is 1.63 bits per heavy atom. The lowest BCUT2D eigenvalue weighted by Gasteiger charge is -2.30.